The lowest BCUT2D eigenvalue weighted by Crippen LogP contribution is -2.21. The summed E-state index contributed by atoms with van der Waals surface area (Å²) in [6.07, 6.45) is 0. The van der Waals surface area contributed by atoms with E-state index in [0.717, 1.165) is 0 Å². The number of alkyl halides is 2. The first-order valence-electron chi connectivity index (χ1n) is 3.89. The van der Waals surface area contributed by atoms with Crippen LogP contribution in [-0.2, 0) is 10.0 Å². The van der Waals surface area contributed by atoms with Crippen LogP contribution >= 0.6 is 15.9 Å². The van der Waals surface area contributed by atoms with E-state index in [1.165, 1.54) is 6.07 Å². The van der Waals surface area contributed by atoms with Gasteiger partial charge in [0.15, 0.2) is 0 Å². The fraction of sp³-hybridized carbons (Fsp3) is 0.250. The van der Waals surface area contributed by atoms with Crippen molar-refractivity contribution in [3.8, 4) is 0 Å². The number of halogens is 3. The number of sulfonamides is 1. The Labute approximate surface area is 94.7 Å². The SMILES string of the molecule is Cc1c(Br)cccc1NS(=O)(=O)C(F)F. The van der Waals surface area contributed by atoms with Crippen LogP contribution < -0.4 is 4.72 Å². The number of rotatable bonds is 3. The molecule has 0 aliphatic heterocycles. The molecular weight excluding hydrogens is 292 g/mol. The number of anilines is 1. The molecule has 0 fully saturated rings. The van der Waals surface area contributed by atoms with E-state index in [9.17, 15) is 17.2 Å². The average molecular weight is 300 g/mol. The predicted octanol–water partition coefficient (Wildman–Crippen LogP) is 2.72. The highest BCUT2D eigenvalue weighted by Crippen LogP contribution is 2.25. The lowest BCUT2D eigenvalue weighted by molar-refractivity contribution is 0.236. The van der Waals surface area contributed by atoms with Crippen molar-refractivity contribution in [1.82, 2.24) is 0 Å². The minimum Gasteiger partial charge on any atom is -0.278 e. The van der Waals surface area contributed by atoms with Crippen molar-refractivity contribution < 1.29 is 17.2 Å². The van der Waals surface area contributed by atoms with Gasteiger partial charge in [-0.2, -0.15) is 8.78 Å². The Bertz CT molecular complexity index is 462. The first kappa shape index (κ1) is 12.4. The minimum absolute atomic E-state index is 0.143. The Balaban J connectivity index is 3.06. The predicted molar refractivity (Wildman–Crippen MR) is 57.4 cm³/mol. The molecule has 1 aromatic carbocycles. The molecule has 84 valence electrons. The Morgan fingerprint density at radius 3 is 2.53 bits per heavy atom. The van der Waals surface area contributed by atoms with Crippen molar-refractivity contribution in [2.45, 2.75) is 12.7 Å². The molecule has 3 nitrogen and oxygen atoms in total. The number of benzene rings is 1. The van der Waals surface area contributed by atoms with Gasteiger partial charge in [-0.3, -0.25) is 4.72 Å². The van der Waals surface area contributed by atoms with E-state index in [4.69, 9.17) is 0 Å². The van der Waals surface area contributed by atoms with Gasteiger partial charge in [0.2, 0.25) is 0 Å². The molecule has 0 heterocycles. The summed E-state index contributed by atoms with van der Waals surface area (Å²) in [5.41, 5.74) is 0.700. The fourth-order valence-electron chi connectivity index (χ4n) is 0.916. The molecule has 0 saturated carbocycles. The monoisotopic (exact) mass is 299 g/mol. The molecule has 1 rings (SSSR count). The van der Waals surface area contributed by atoms with Crippen LogP contribution in [0.2, 0.25) is 0 Å². The van der Waals surface area contributed by atoms with E-state index in [1.54, 1.807) is 19.1 Å². The maximum atomic E-state index is 12.1. The van der Waals surface area contributed by atoms with E-state index in [1.807, 2.05) is 4.72 Å². The van der Waals surface area contributed by atoms with Crippen LogP contribution in [0.3, 0.4) is 0 Å². The lowest BCUT2D eigenvalue weighted by Gasteiger charge is -2.10. The Morgan fingerprint density at radius 2 is 2.00 bits per heavy atom. The van der Waals surface area contributed by atoms with Crippen molar-refractivity contribution in [3.63, 3.8) is 0 Å². The summed E-state index contributed by atoms with van der Waals surface area (Å²) in [6, 6.07) is 4.66. The molecule has 0 aromatic heterocycles. The van der Waals surface area contributed by atoms with Crippen molar-refractivity contribution in [2.24, 2.45) is 0 Å². The summed E-state index contributed by atoms with van der Waals surface area (Å²) in [5, 5.41) is 0. The zero-order valence-electron chi connectivity index (χ0n) is 7.67. The average Bonchev–Trinajstić information content (AvgIpc) is 2.12. The van der Waals surface area contributed by atoms with Gasteiger partial charge < -0.3 is 0 Å². The zero-order chi connectivity index (χ0) is 11.6. The van der Waals surface area contributed by atoms with E-state index < -0.39 is 15.8 Å². The molecule has 0 saturated heterocycles. The third kappa shape index (κ3) is 2.88. The third-order valence-electron chi connectivity index (χ3n) is 1.75. The first-order valence-corrected chi connectivity index (χ1v) is 6.23. The first-order chi connectivity index (χ1) is 6.84. The molecule has 0 radical (unpaired) electrons. The topological polar surface area (TPSA) is 46.2 Å². The van der Waals surface area contributed by atoms with Gasteiger partial charge in [0.1, 0.15) is 0 Å². The summed E-state index contributed by atoms with van der Waals surface area (Å²) in [6.45, 7) is 1.62. The van der Waals surface area contributed by atoms with E-state index in [-0.39, 0.29) is 5.69 Å². The molecule has 1 N–H and O–H groups in total. The smallest absolute Gasteiger partial charge is 0.278 e. The van der Waals surface area contributed by atoms with Gasteiger partial charge in [-0.25, -0.2) is 8.42 Å². The molecular formula is C8H8BrF2NO2S. The minimum atomic E-state index is -4.59. The standard InChI is InChI=1S/C8H8BrF2NO2S/c1-5-6(9)3-2-4-7(5)12-15(13,14)8(10)11/h2-4,8,12H,1H3. The number of nitrogens with one attached hydrogen (secondary N) is 1. The van der Waals surface area contributed by atoms with Crippen LogP contribution in [0.25, 0.3) is 0 Å². The zero-order valence-corrected chi connectivity index (χ0v) is 10.1. The maximum absolute atomic E-state index is 12.1. The second-order valence-corrected chi connectivity index (χ2v) is 5.32. The second kappa shape index (κ2) is 4.44. The van der Waals surface area contributed by atoms with Crippen molar-refractivity contribution in [2.75, 3.05) is 4.72 Å². The van der Waals surface area contributed by atoms with Crippen LogP contribution in [0.5, 0.6) is 0 Å². The van der Waals surface area contributed by atoms with Gasteiger partial charge in [0.05, 0.1) is 5.69 Å². The summed E-state index contributed by atoms with van der Waals surface area (Å²) < 4.78 is 48.4. The number of hydrogen-bond donors (Lipinski definition) is 1. The molecule has 0 spiro atoms. The highest BCUT2D eigenvalue weighted by atomic mass is 79.9. The van der Waals surface area contributed by atoms with Gasteiger partial charge in [-0.1, -0.05) is 22.0 Å². The quantitative estimate of drug-likeness (QED) is 0.933. The fourth-order valence-corrected chi connectivity index (χ4v) is 1.90. The van der Waals surface area contributed by atoms with Crippen molar-refractivity contribution in [3.05, 3.63) is 28.2 Å². The van der Waals surface area contributed by atoms with Crippen LogP contribution in [0.4, 0.5) is 14.5 Å². The molecule has 7 heteroatoms. The molecule has 0 atom stereocenters. The van der Waals surface area contributed by atoms with Crippen LogP contribution in [0.1, 0.15) is 5.56 Å². The summed E-state index contributed by atoms with van der Waals surface area (Å²) >= 11 is 3.17. The van der Waals surface area contributed by atoms with E-state index in [0.29, 0.717) is 10.0 Å². The summed E-state index contributed by atoms with van der Waals surface area (Å²) in [4.78, 5) is 0. The van der Waals surface area contributed by atoms with Gasteiger partial charge in [0, 0.05) is 4.47 Å². The van der Waals surface area contributed by atoms with Gasteiger partial charge in [0.25, 0.3) is 10.0 Å². The molecule has 0 unspecified atom stereocenters. The van der Waals surface area contributed by atoms with Gasteiger partial charge in [-0.15, -0.1) is 0 Å². The molecule has 15 heavy (non-hydrogen) atoms. The van der Waals surface area contributed by atoms with E-state index >= 15 is 0 Å². The Hall–Kier alpha value is -0.690. The van der Waals surface area contributed by atoms with Gasteiger partial charge >= 0.3 is 5.76 Å². The highest BCUT2D eigenvalue weighted by molar-refractivity contribution is 9.10. The second-order valence-electron chi connectivity index (χ2n) is 2.82. The Morgan fingerprint density at radius 1 is 1.40 bits per heavy atom. The molecule has 0 bridgehead atoms. The normalized spacial score (nSPS) is 11.8. The molecule has 0 aliphatic rings. The Kier molecular flexibility index (Phi) is 3.67. The van der Waals surface area contributed by atoms with Crippen LogP contribution in [0, 0.1) is 6.92 Å². The maximum Gasteiger partial charge on any atom is 0.355 e. The van der Waals surface area contributed by atoms with Crippen molar-refractivity contribution >= 4 is 31.6 Å². The van der Waals surface area contributed by atoms with Crippen LogP contribution in [0.15, 0.2) is 22.7 Å². The lowest BCUT2D eigenvalue weighted by atomic mass is 10.2. The summed E-state index contributed by atoms with van der Waals surface area (Å²) in [7, 11) is -4.59. The van der Waals surface area contributed by atoms with Gasteiger partial charge in [-0.05, 0) is 24.6 Å². The number of hydrogen-bond acceptors (Lipinski definition) is 2. The highest BCUT2D eigenvalue weighted by Gasteiger charge is 2.24. The molecule has 0 aliphatic carbocycles. The van der Waals surface area contributed by atoms with Crippen LogP contribution in [-0.4, -0.2) is 14.2 Å². The van der Waals surface area contributed by atoms with E-state index in [2.05, 4.69) is 15.9 Å². The molecule has 1 aromatic rings. The largest absolute Gasteiger partial charge is 0.355 e. The molecule has 0 amide bonds. The summed E-state index contributed by atoms with van der Waals surface area (Å²) in [5.74, 6) is -3.43. The third-order valence-corrected chi connectivity index (χ3v) is 3.59. The van der Waals surface area contributed by atoms with Crippen molar-refractivity contribution in [1.29, 1.82) is 0 Å².